The normalized spacial score (nSPS) is 22.6. The summed E-state index contributed by atoms with van der Waals surface area (Å²) < 4.78 is 5.31. The lowest BCUT2D eigenvalue weighted by molar-refractivity contribution is -0.156. The molecule has 1 saturated heterocycles. The van der Waals surface area contributed by atoms with Gasteiger partial charge in [-0.2, -0.15) is 0 Å². The van der Waals surface area contributed by atoms with Gasteiger partial charge in [-0.25, -0.2) is 0 Å². The maximum atomic E-state index is 11.5. The zero-order valence-electron chi connectivity index (χ0n) is 11.1. The average molecular weight is 300 g/mol. The highest BCUT2D eigenvalue weighted by atomic mass is 35.5. The van der Waals surface area contributed by atoms with Gasteiger partial charge < -0.3 is 20.3 Å². The van der Waals surface area contributed by atoms with Gasteiger partial charge in [-0.1, -0.05) is 23.7 Å². The maximum absolute atomic E-state index is 11.5. The summed E-state index contributed by atoms with van der Waals surface area (Å²) in [5.74, 6) is -0.813. The first-order valence-electron chi connectivity index (χ1n) is 6.53. The molecule has 1 aliphatic heterocycles. The van der Waals surface area contributed by atoms with Crippen molar-refractivity contribution in [1.29, 1.82) is 0 Å². The third-order valence-corrected chi connectivity index (χ3v) is 4.05. The third kappa shape index (κ3) is 3.23. The van der Waals surface area contributed by atoms with Gasteiger partial charge in [0, 0.05) is 19.7 Å². The largest absolute Gasteiger partial charge is 0.506 e. The summed E-state index contributed by atoms with van der Waals surface area (Å²) in [5.41, 5.74) is -0.134. The number of rotatable bonds is 5. The van der Waals surface area contributed by atoms with Crippen LogP contribution in [0.15, 0.2) is 18.2 Å². The number of carboxylic acid groups (broad SMARTS) is 1. The van der Waals surface area contributed by atoms with Crippen LogP contribution in [0.5, 0.6) is 5.75 Å². The molecule has 0 radical (unpaired) electrons. The van der Waals surface area contributed by atoms with Gasteiger partial charge in [-0.15, -0.1) is 0 Å². The van der Waals surface area contributed by atoms with Gasteiger partial charge in [0.1, 0.15) is 11.2 Å². The molecule has 1 fully saturated rings. The third-order valence-electron chi connectivity index (χ3n) is 3.61. The van der Waals surface area contributed by atoms with Gasteiger partial charge in [0.05, 0.1) is 11.6 Å². The molecule has 3 N–H and O–H groups in total. The summed E-state index contributed by atoms with van der Waals surface area (Å²) in [6, 6.07) is 5.01. The lowest BCUT2D eigenvalue weighted by atomic mass is 9.82. The molecule has 0 saturated carbocycles. The van der Waals surface area contributed by atoms with Crippen molar-refractivity contribution in [3.63, 3.8) is 0 Å². The number of carboxylic acids is 1. The first-order valence-corrected chi connectivity index (χ1v) is 6.91. The predicted molar refractivity (Wildman–Crippen MR) is 74.9 cm³/mol. The molecule has 0 bridgehead atoms. The fourth-order valence-electron chi connectivity index (χ4n) is 2.38. The number of phenolic OH excluding ortho intramolecular Hbond substituents is 1. The molecular formula is C14H18ClNO4. The lowest BCUT2D eigenvalue weighted by Gasteiger charge is -2.33. The van der Waals surface area contributed by atoms with Crippen molar-refractivity contribution in [2.45, 2.75) is 19.4 Å². The van der Waals surface area contributed by atoms with E-state index in [1.807, 2.05) is 0 Å². The number of halogens is 1. The molecule has 1 aromatic carbocycles. The Hall–Kier alpha value is -1.30. The van der Waals surface area contributed by atoms with E-state index < -0.39 is 11.4 Å². The predicted octanol–water partition coefficient (Wildman–Crippen LogP) is 2.02. The maximum Gasteiger partial charge on any atom is 0.313 e. The minimum Gasteiger partial charge on any atom is -0.506 e. The van der Waals surface area contributed by atoms with Crippen LogP contribution in [0.1, 0.15) is 18.4 Å². The Labute approximate surface area is 122 Å². The van der Waals surface area contributed by atoms with E-state index in [0.29, 0.717) is 31.1 Å². The highest BCUT2D eigenvalue weighted by Gasteiger charge is 2.40. The zero-order chi connectivity index (χ0) is 14.6. The minimum absolute atomic E-state index is 0.0277. The van der Waals surface area contributed by atoms with E-state index in [1.54, 1.807) is 12.1 Å². The van der Waals surface area contributed by atoms with Crippen molar-refractivity contribution >= 4 is 17.6 Å². The Balaban J connectivity index is 1.97. The van der Waals surface area contributed by atoms with Crippen LogP contribution in [0.3, 0.4) is 0 Å². The summed E-state index contributed by atoms with van der Waals surface area (Å²) >= 11 is 5.98. The van der Waals surface area contributed by atoms with E-state index in [2.05, 4.69) is 5.32 Å². The Bertz CT molecular complexity index is 486. The monoisotopic (exact) mass is 299 g/mol. The van der Waals surface area contributed by atoms with Crippen molar-refractivity contribution in [2.24, 2.45) is 5.41 Å². The molecule has 0 spiro atoms. The van der Waals surface area contributed by atoms with Crippen molar-refractivity contribution in [1.82, 2.24) is 5.32 Å². The van der Waals surface area contributed by atoms with E-state index in [1.165, 1.54) is 6.07 Å². The smallest absolute Gasteiger partial charge is 0.313 e. The average Bonchev–Trinajstić information content (AvgIpc) is 2.44. The topological polar surface area (TPSA) is 78.8 Å². The summed E-state index contributed by atoms with van der Waals surface area (Å²) in [4.78, 5) is 11.5. The molecular weight excluding hydrogens is 282 g/mol. The van der Waals surface area contributed by atoms with Gasteiger partial charge in [0.25, 0.3) is 0 Å². The van der Waals surface area contributed by atoms with Gasteiger partial charge in [0.15, 0.2) is 0 Å². The molecule has 20 heavy (non-hydrogen) atoms. The summed E-state index contributed by atoms with van der Waals surface area (Å²) in [6.45, 7) is 1.56. The second-order valence-corrected chi connectivity index (χ2v) is 5.47. The Morgan fingerprint density at radius 1 is 1.50 bits per heavy atom. The van der Waals surface area contributed by atoms with Crippen LogP contribution in [-0.2, 0) is 16.1 Å². The molecule has 0 aromatic heterocycles. The molecule has 5 nitrogen and oxygen atoms in total. The van der Waals surface area contributed by atoms with Crippen molar-refractivity contribution in [3.8, 4) is 5.75 Å². The fraction of sp³-hybridized carbons (Fsp3) is 0.500. The number of hydrogen-bond acceptors (Lipinski definition) is 4. The first kappa shape index (κ1) is 15.1. The fourth-order valence-corrected chi connectivity index (χ4v) is 2.57. The molecule has 1 heterocycles. The number of aromatic hydroxyl groups is 1. The Morgan fingerprint density at radius 3 is 2.95 bits per heavy atom. The number of aliphatic carboxylic acids is 1. The van der Waals surface area contributed by atoms with Crippen LogP contribution in [-0.4, -0.2) is 35.9 Å². The van der Waals surface area contributed by atoms with Gasteiger partial charge in [0.2, 0.25) is 0 Å². The molecule has 6 heteroatoms. The first-order chi connectivity index (χ1) is 9.55. The van der Waals surface area contributed by atoms with E-state index in [0.717, 1.165) is 12.0 Å². The zero-order valence-corrected chi connectivity index (χ0v) is 11.8. The number of ether oxygens (including phenoxy) is 1. The lowest BCUT2D eigenvalue weighted by Crippen LogP contribution is -2.46. The molecule has 1 unspecified atom stereocenters. The Morgan fingerprint density at radius 2 is 2.30 bits per heavy atom. The standard InChI is InChI=1S/C14H18ClNO4/c15-12-10(3-1-4-11(12)17)7-16-8-14(13(18)19)5-2-6-20-9-14/h1,3-4,16-17H,2,5-9H2,(H,18,19). The van der Waals surface area contributed by atoms with Crippen LogP contribution >= 0.6 is 11.6 Å². The molecule has 2 rings (SSSR count). The SMILES string of the molecule is O=C(O)C1(CNCc2cccc(O)c2Cl)CCCOC1. The van der Waals surface area contributed by atoms with Gasteiger partial charge in [-0.3, -0.25) is 4.79 Å². The number of phenols is 1. The quantitative estimate of drug-likeness (QED) is 0.775. The molecule has 1 aromatic rings. The highest BCUT2D eigenvalue weighted by molar-refractivity contribution is 6.32. The van der Waals surface area contributed by atoms with Gasteiger partial charge >= 0.3 is 5.97 Å². The van der Waals surface area contributed by atoms with E-state index in [4.69, 9.17) is 16.3 Å². The van der Waals surface area contributed by atoms with E-state index >= 15 is 0 Å². The number of nitrogens with one attached hydrogen (secondary N) is 1. The van der Waals surface area contributed by atoms with E-state index in [9.17, 15) is 15.0 Å². The van der Waals surface area contributed by atoms with Crippen molar-refractivity contribution in [3.05, 3.63) is 28.8 Å². The van der Waals surface area contributed by atoms with Crippen LogP contribution in [0, 0.1) is 5.41 Å². The molecule has 110 valence electrons. The number of carbonyl (C=O) groups is 1. The van der Waals surface area contributed by atoms with Crippen molar-refractivity contribution in [2.75, 3.05) is 19.8 Å². The second kappa shape index (κ2) is 6.43. The van der Waals surface area contributed by atoms with Crippen LogP contribution in [0.4, 0.5) is 0 Å². The van der Waals surface area contributed by atoms with Crippen LogP contribution in [0.2, 0.25) is 5.02 Å². The van der Waals surface area contributed by atoms with E-state index in [-0.39, 0.29) is 12.4 Å². The number of hydrogen-bond donors (Lipinski definition) is 3. The number of benzene rings is 1. The van der Waals surface area contributed by atoms with Crippen molar-refractivity contribution < 1.29 is 19.7 Å². The highest BCUT2D eigenvalue weighted by Crippen LogP contribution is 2.29. The molecule has 0 aliphatic carbocycles. The van der Waals surface area contributed by atoms with Gasteiger partial charge in [-0.05, 0) is 24.5 Å². The minimum atomic E-state index is -0.873. The summed E-state index contributed by atoms with van der Waals surface area (Å²) in [6.07, 6.45) is 1.35. The second-order valence-electron chi connectivity index (χ2n) is 5.10. The summed E-state index contributed by atoms with van der Waals surface area (Å²) in [7, 11) is 0. The molecule has 1 aliphatic rings. The Kier molecular flexibility index (Phi) is 4.86. The molecule has 1 atom stereocenters. The molecule has 0 amide bonds. The summed E-state index contributed by atoms with van der Waals surface area (Å²) in [5, 5.41) is 22.3. The van der Waals surface area contributed by atoms with Crippen LogP contribution in [0.25, 0.3) is 0 Å². The van der Waals surface area contributed by atoms with Crippen LogP contribution < -0.4 is 5.32 Å².